The molecule has 0 aliphatic rings. The Hall–Kier alpha value is -3.57. The van der Waals surface area contributed by atoms with Crippen LogP contribution in [0.1, 0.15) is 30.7 Å². The summed E-state index contributed by atoms with van der Waals surface area (Å²) < 4.78 is 23.5. The van der Waals surface area contributed by atoms with E-state index < -0.39 is 9.84 Å². The van der Waals surface area contributed by atoms with Gasteiger partial charge in [-0.3, -0.25) is 0 Å². The quantitative estimate of drug-likeness (QED) is 0.498. The number of pyridine rings is 1. The molecule has 0 unspecified atom stereocenters. The zero-order chi connectivity index (χ0) is 22.5. The summed E-state index contributed by atoms with van der Waals surface area (Å²) in [6.07, 6.45) is 1.81. The van der Waals surface area contributed by atoms with Gasteiger partial charge >= 0.3 is 0 Å². The van der Waals surface area contributed by atoms with Crippen molar-refractivity contribution in [1.29, 1.82) is 0 Å². The van der Waals surface area contributed by atoms with Crippen LogP contribution in [0.2, 0.25) is 0 Å². The molecular weight excluding hydrogens is 398 g/mol. The summed E-state index contributed by atoms with van der Waals surface area (Å²) in [6.45, 7) is 7.30. The third-order valence-electron chi connectivity index (χ3n) is 4.10. The highest BCUT2D eigenvalue weighted by atomic mass is 32.2. The Labute approximate surface area is 177 Å². The van der Waals surface area contributed by atoms with Crippen LogP contribution in [0.25, 0.3) is 0 Å². The maximum absolute atomic E-state index is 11.7. The molecule has 0 radical (unpaired) electrons. The predicted octanol–water partition coefficient (Wildman–Crippen LogP) is 2.13. The zero-order valence-electron chi connectivity index (χ0n) is 17.2. The minimum Gasteiger partial charge on any atom is -0.401 e. The minimum absolute atomic E-state index is 0.0705. The number of aromatic nitrogens is 1. The van der Waals surface area contributed by atoms with Gasteiger partial charge in [-0.15, -0.1) is 0 Å². The van der Waals surface area contributed by atoms with Crippen molar-refractivity contribution in [3.05, 3.63) is 76.9 Å². The average Bonchev–Trinajstić information content (AvgIpc) is 2.67. The molecule has 0 bridgehead atoms. The Kier molecular flexibility index (Phi) is 7.03. The summed E-state index contributed by atoms with van der Waals surface area (Å²) in [5.41, 5.74) is 21.0. The number of nitrogens with two attached hydrogens (primary N) is 3. The second-order valence-electron chi connectivity index (χ2n) is 6.64. The second-order valence-corrected chi connectivity index (χ2v) is 8.66. The van der Waals surface area contributed by atoms with Crippen LogP contribution in [-0.4, -0.2) is 25.4 Å². The average molecular weight is 424 g/mol. The van der Waals surface area contributed by atoms with E-state index in [0.29, 0.717) is 34.8 Å². The van der Waals surface area contributed by atoms with Crippen molar-refractivity contribution in [2.24, 2.45) is 16.5 Å². The molecule has 0 saturated carbocycles. The van der Waals surface area contributed by atoms with E-state index in [1.807, 2.05) is 6.92 Å². The first-order valence-electron chi connectivity index (χ1n) is 9.10. The lowest BCUT2D eigenvalue weighted by Crippen LogP contribution is -2.12. The fraction of sp³-hybridized carbons (Fsp3) is 0.182. The smallest absolute Gasteiger partial charge is 0.175 e. The van der Waals surface area contributed by atoms with Gasteiger partial charge in [0.15, 0.2) is 9.84 Å². The molecule has 0 saturated heterocycles. The van der Waals surface area contributed by atoms with Crippen molar-refractivity contribution in [2.75, 3.05) is 12.0 Å². The number of aryl methyl sites for hydroxylation is 1. The molecule has 7 nitrogen and oxygen atoms in total. The highest BCUT2D eigenvalue weighted by Crippen LogP contribution is 2.17. The SMILES string of the molecule is C=C(N)/N=C(\C(C#Cc1ccc(N)nc1CC)=C(\C)N)c1ccc(S(C)(=O)=O)cc1. The molecule has 1 aromatic heterocycles. The normalized spacial score (nSPS) is 12.6. The largest absolute Gasteiger partial charge is 0.401 e. The number of anilines is 1. The number of benzene rings is 1. The van der Waals surface area contributed by atoms with Crippen LogP contribution in [0, 0.1) is 11.8 Å². The van der Waals surface area contributed by atoms with Gasteiger partial charge in [0.25, 0.3) is 0 Å². The highest BCUT2D eigenvalue weighted by molar-refractivity contribution is 7.90. The summed E-state index contributed by atoms with van der Waals surface area (Å²) in [5, 5.41) is 0. The summed E-state index contributed by atoms with van der Waals surface area (Å²) in [6, 6.07) is 9.74. The van der Waals surface area contributed by atoms with Gasteiger partial charge in [-0.05, 0) is 37.6 Å². The van der Waals surface area contributed by atoms with Crippen LogP contribution in [0.15, 0.2) is 70.0 Å². The van der Waals surface area contributed by atoms with Crippen LogP contribution in [0.3, 0.4) is 0 Å². The van der Waals surface area contributed by atoms with Crippen LogP contribution in [-0.2, 0) is 16.3 Å². The maximum Gasteiger partial charge on any atom is 0.175 e. The predicted molar refractivity (Wildman–Crippen MR) is 121 cm³/mol. The van der Waals surface area contributed by atoms with Gasteiger partial charge in [-0.1, -0.05) is 37.5 Å². The number of nitrogen functional groups attached to an aromatic ring is 1. The molecular formula is C22H25N5O2S. The van der Waals surface area contributed by atoms with Gasteiger partial charge in [-0.25, -0.2) is 18.4 Å². The molecule has 6 N–H and O–H groups in total. The fourth-order valence-electron chi connectivity index (χ4n) is 2.64. The summed E-state index contributed by atoms with van der Waals surface area (Å²) in [4.78, 5) is 8.80. The Morgan fingerprint density at radius 2 is 1.80 bits per heavy atom. The van der Waals surface area contributed by atoms with Crippen molar-refractivity contribution < 1.29 is 8.42 Å². The number of hydrogen-bond acceptors (Lipinski definition) is 7. The fourth-order valence-corrected chi connectivity index (χ4v) is 3.27. The van der Waals surface area contributed by atoms with Crippen molar-refractivity contribution in [3.8, 4) is 11.8 Å². The number of aliphatic imine (C=N–C) groups is 1. The minimum atomic E-state index is -3.33. The molecule has 1 aromatic carbocycles. The van der Waals surface area contributed by atoms with E-state index in [1.54, 1.807) is 31.2 Å². The van der Waals surface area contributed by atoms with Crippen molar-refractivity contribution >= 4 is 21.4 Å². The molecule has 2 rings (SSSR count). The maximum atomic E-state index is 11.7. The Balaban J connectivity index is 2.60. The Morgan fingerprint density at radius 3 is 2.30 bits per heavy atom. The van der Waals surface area contributed by atoms with Crippen molar-refractivity contribution in [3.63, 3.8) is 0 Å². The molecule has 0 atom stereocenters. The molecule has 0 aliphatic heterocycles. The van der Waals surface area contributed by atoms with E-state index in [4.69, 9.17) is 17.2 Å². The molecule has 30 heavy (non-hydrogen) atoms. The molecule has 156 valence electrons. The van der Waals surface area contributed by atoms with Gasteiger partial charge in [-0.2, -0.15) is 0 Å². The molecule has 1 heterocycles. The van der Waals surface area contributed by atoms with Crippen molar-refractivity contribution in [2.45, 2.75) is 25.2 Å². The number of hydrogen-bond donors (Lipinski definition) is 3. The van der Waals surface area contributed by atoms with E-state index in [9.17, 15) is 8.42 Å². The second kappa shape index (κ2) is 9.29. The topological polar surface area (TPSA) is 137 Å². The molecule has 0 fully saturated rings. The third kappa shape index (κ3) is 5.72. The van der Waals surface area contributed by atoms with Crippen LogP contribution < -0.4 is 17.2 Å². The number of sulfone groups is 1. The molecule has 0 amide bonds. The van der Waals surface area contributed by atoms with Crippen molar-refractivity contribution in [1.82, 2.24) is 4.98 Å². The molecule has 2 aromatic rings. The van der Waals surface area contributed by atoms with Gasteiger partial charge in [0.2, 0.25) is 0 Å². The summed E-state index contributed by atoms with van der Waals surface area (Å²) >= 11 is 0. The summed E-state index contributed by atoms with van der Waals surface area (Å²) in [5.74, 6) is 6.63. The Morgan fingerprint density at radius 1 is 1.17 bits per heavy atom. The number of allylic oxidation sites excluding steroid dienone is 2. The van der Waals surface area contributed by atoms with E-state index in [2.05, 4.69) is 28.4 Å². The van der Waals surface area contributed by atoms with Crippen LogP contribution >= 0.6 is 0 Å². The monoisotopic (exact) mass is 423 g/mol. The summed E-state index contributed by atoms with van der Waals surface area (Å²) in [7, 11) is -3.33. The number of rotatable bonds is 5. The highest BCUT2D eigenvalue weighted by Gasteiger charge is 2.14. The number of nitrogens with zero attached hydrogens (tertiary/aromatic N) is 2. The first-order chi connectivity index (χ1) is 14.0. The van der Waals surface area contributed by atoms with Gasteiger partial charge < -0.3 is 17.2 Å². The zero-order valence-corrected chi connectivity index (χ0v) is 18.0. The lowest BCUT2D eigenvalue weighted by molar-refractivity contribution is 0.602. The van der Waals surface area contributed by atoms with Gasteiger partial charge in [0.05, 0.1) is 21.9 Å². The first-order valence-corrected chi connectivity index (χ1v) is 11.0. The molecule has 0 aliphatic carbocycles. The van der Waals surface area contributed by atoms with E-state index in [1.165, 1.54) is 12.1 Å². The van der Waals surface area contributed by atoms with E-state index in [0.717, 1.165) is 17.5 Å². The van der Waals surface area contributed by atoms with Gasteiger partial charge in [0.1, 0.15) is 11.6 Å². The van der Waals surface area contributed by atoms with E-state index in [-0.39, 0.29) is 10.7 Å². The van der Waals surface area contributed by atoms with E-state index >= 15 is 0 Å². The molecule has 0 spiro atoms. The first kappa shape index (κ1) is 22.7. The van der Waals surface area contributed by atoms with Gasteiger partial charge in [0, 0.05) is 23.1 Å². The third-order valence-corrected chi connectivity index (χ3v) is 5.22. The molecule has 8 heteroatoms. The lowest BCUT2D eigenvalue weighted by atomic mass is 10.00. The van der Waals surface area contributed by atoms with Crippen LogP contribution in [0.5, 0.6) is 0 Å². The lowest BCUT2D eigenvalue weighted by Gasteiger charge is -2.10. The standard InChI is InChI=1S/C22H25N5O2S/c1-5-20-16(9-13-21(25)27-20)8-12-19(14(2)23)22(26-15(3)24)17-6-10-18(11-7-17)30(4,28)29/h6-7,9-11,13H,3,5,23-24H2,1-2,4H3,(H2,25,27)/b19-14-,26-22-. The Bertz CT molecular complexity index is 1190. The van der Waals surface area contributed by atoms with Crippen LogP contribution in [0.4, 0.5) is 5.82 Å².